The van der Waals surface area contributed by atoms with E-state index in [1.54, 1.807) is 4.68 Å². The molecule has 0 aliphatic heterocycles. The number of nitrogens with two attached hydrogens (primary N) is 1. The fourth-order valence-corrected chi connectivity index (χ4v) is 2.56. The fraction of sp³-hybridized carbons (Fsp3) is 0.375. The minimum Gasteiger partial charge on any atom is -0.382 e. The number of hydrogen-bond acceptors (Lipinski definition) is 4. The predicted molar refractivity (Wildman–Crippen MR) is 83.2 cm³/mol. The standard InChI is InChI=1S/C16H19N5/c1-10-5-3-4-6-14(10)21-15(18)13(9-17)16(20-21)19-11(2)12-7-8-12/h3-6,11-12H,7-8,18H2,1-2H3,(H,19,20). The average molecular weight is 281 g/mol. The summed E-state index contributed by atoms with van der Waals surface area (Å²) in [4.78, 5) is 0. The molecule has 3 N–H and O–H groups in total. The lowest BCUT2D eigenvalue weighted by Gasteiger charge is -2.11. The molecule has 5 nitrogen and oxygen atoms in total. The average Bonchev–Trinajstić information content (AvgIpc) is 3.26. The van der Waals surface area contributed by atoms with E-state index in [0.717, 1.165) is 11.3 Å². The van der Waals surface area contributed by atoms with E-state index in [-0.39, 0.29) is 0 Å². The molecule has 5 heteroatoms. The summed E-state index contributed by atoms with van der Waals surface area (Å²) < 4.78 is 1.65. The second-order valence-electron chi connectivity index (χ2n) is 5.69. The molecule has 1 saturated carbocycles. The van der Waals surface area contributed by atoms with Crippen LogP contribution in [0.25, 0.3) is 5.69 Å². The number of anilines is 2. The lowest BCUT2D eigenvalue weighted by Crippen LogP contribution is -2.18. The SMILES string of the molecule is Cc1ccccc1-n1nc(NC(C)C2CC2)c(C#N)c1N. The van der Waals surface area contributed by atoms with Crippen molar-refractivity contribution < 1.29 is 0 Å². The van der Waals surface area contributed by atoms with E-state index in [1.165, 1.54) is 12.8 Å². The number of para-hydroxylation sites is 1. The summed E-state index contributed by atoms with van der Waals surface area (Å²) >= 11 is 0. The number of aromatic nitrogens is 2. The number of hydrogen-bond donors (Lipinski definition) is 2. The fourth-order valence-electron chi connectivity index (χ4n) is 2.56. The molecule has 0 radical (unpaired) electrons. The second-order valence-corrected chi connectivity index (χ2v) is 5.69. The van der Waals surface area contributed by atoms with Crippen molar-refractivity contribution >= 4 is 11.6 Å². The number of nitrogen functional groups attached to an aromatic ring is 1. The van der Waals surface area contributed by atoms with Crippen LogP contribution in [0.4, 0.5) is 11.6 Å². The van der Waals surface area contributed by atoms with Gasteiger partial charge < -0.3 is 11.1 Å². The number of nitriles is 1. The van der Waals surface area contributed by atoms with Crippen LogP contribution in [0.1, 0.15) is 30.9 Å². The summed E-state index contributed by atoms with van der Waals surface area (Å²) in [6.07, 6.45) is 2.48. The third-order valence-electron chi connectivity index (χ3n) is 4.07. The van der Waals surface area contributed by atoms with Crippen molar-refractivity contribution in [3.05, 3.63) is 35.4 Å². The Morgan fingerprint density at radius 2 is 2.14 bits per heavy atom. The molecular formula is C16H19N5. The first-order valence-electron chi connectivity index (χ1n) is 7.23. The Balaban J connectivity index is 2.01. The number of rotatable bonds is 4. The number of nitrogens with one attached hydrogen (secondary N) is 1. The van der Waals surface area contributed by atoms with Gasteiger partial charge in [0.1, 0.15) is 17.5 Å². The van der Waals surface area contributed by atoms with Crippen LogP contribution in [-0.2, 0) is 0 Å². The first kappa shape index (κ1) is 13.5. The highest BCUT2D eigenvalue weighted by atomic mass is 15.4. The third-order valence-corrected chi connectivity index (χ3v) is 4.07. The van der Waals surface area contributed by atoms with Gasteiger partial charge in [-0.15, -0.1) is 5.10 Å². The Bertz CT molecular complexity index is 706. The number of benzene rings is 1. The Labute approximate surface area is 124 Å². The first-order valence-corrected chi connectivity index (χ1v) is 7.23. The van der Waals surface area contributed by atoms with E-state index in [4.69, 9.17) is 5.73 Å². The van der Waals surface area contributed by atoms with Crippen molar-refractivity contribution in [1.29, 1.82) is 5.26 Å². The van der Waals surface area contributed by atoms with Gasteiger partial charge >= 0.3 is 0 Å². The highest BCUT2D eigenvalue weighted by molar-refractivity contribution is 5.66. The maximum atomic E-state index is 9.37. The smallest absolute Gasteiger partial charge is 0.168 e. The molecule has 1 aliphatic carbocycles. The van der Waals surface area contributed by atoms with Gasteiger partial charge in [0.05, 0.1) is 5.69 Å². The van der Waals surface area contributed by atoms with Gasteiger partial charge in [0.2, 0.25) is 0 Å². The molecule has 1 unspecified atom stereocenters. The molecule has 0 saturated heterocycles. The van der Waals surface area contributed by atoms with Crippen molar-refractivity contribution in [1.82, 2.24) is 9.78 Å². The largest absolute Gasteiger partial charge is 0.382 e. The number of aryl methyl sites for hydroxylation is 1. The topological polar surface area (TPSA) is 79.7 Å². The molecule has 108 valence electrons. The van der Waals surface area contributed by atoms with Crippen LogP contribution in [0, 0.1) is 24.2 Å². The van der Waals surface area contributed by atoms with E-state index in [9.17, 15) is 5.26 Å². The molecule has 1 fully saturated rings. The van der Waals surface area contributed by atoms with Crippen molar-refractivity contribution in [2.24, 2.45) is 5.92 Å². The molecule has 2 aromatic rings. The van der Waals surface area contributed by atoms with Crippen LogP contribution in [0.2, 0.25) is 0 Å². The number of nitrogens with zero attached hydrogens (tertiary/aromatic N) is 3. The molecule has 0 amide bonds. The Morgan fingerprint density at radius 3 is 2.76 bits per heavy atom. The van der Waals surface area contributed by atoms with Crippen molar-refractivity contribution in [2.75, 3.05) is 11.1 Å². The van der Waals surface area contributed by atoms with Crippen LogP contribution in [-0.4, -0.2) is 15.8 Å². The van der Waals surface area contributed by atoms with Crippen LogP contribution < -0.4 is 11.1 Å². The maximum Gasteiger partial charge on any atom is 0.168 e. The lowest BCUT2D eigenvalue weighted by molar-refractivity contribution is 0.687. The zero-order valence-electron chi connectivity index (χ0n) is 12.3. The quantitative estimate of drug-likeness (QED) is 0.903. The lowest BCUT2D eigenvalue weighted by atomic mass is 10.2. The van der Waals surface area contributed by atoms with Gasteiger partial charge in [0.25, 0.3) is 0 Å². The molecule has 1 aromatic heterocycles. The molecule has 1 aliphatic rings. The maximum absolute atomic E-state index is 9.37. The van der Waals surface area contributed by atoms with E-state index in [2.05, 4.69) is 23.4 Å². The van der Waals surface area contributed by atoms with Gasteiger partial charge in [0, 0.05) is 6.04 Å². The van der Waals surface area contributed by atoms with Crippen LogP contribution >= 0.6 is 0 Å². The van der Waals surface area contributed by atoms with E-state index in [0.29, 0.717) is 29.2 Å². The van der Waals surface area contributed by atoms with Gasteiger partial charge in [-0.05, 0) is 44.2 Å². The molecule has 1 aromatic carbocycles. The van der Waals surface area contributed by atoms with Gasteiger partial charge in [-0.2, -0.15) is 5.26 Å². The summed E-state index contributed by atoms with van der Waals surface area (Å²) in [6.45, 7) is 4.13. The Hall–Kier alpha value is -2.48. The van der Waals surface area contributed by atoms with Gasteiger partial charge in [-0.1, -0.05) is 18.2 Å². The molecule has 1 heterocycles. The van der Waals surface area contributed by atoms with Crippen molar-refractivity contribution in [3.63, 3.8) is 0 Å². The summed E-state index contributed by atoms with van der Waals surface area (Å²) in [7, 11) is 0. The third kappa shape index (κ3) is 2.45. The van der Waals surface area contributed by atoms with Crippen molar-refractivity contribution in [2.45, 2.75) is 32.7 Å². The zero-order valence-corrected chi connectivity index (χ0v) is 12.3. The van der Waals surface area contributed by atoms with Gasteiger partial charge in [0.15, 0.2) is 5.82 Å². The zero-order chi connectivity index (χ0) is 15.0. The van der Waals surface area contributed by atoms with Crippen molar-refractivity contribution in [3.8, 4) is 11.8 Å². The Kier molecular flexibility index (Phi) is 3.30. The minimum absolute atomic E-state index is 0.316. The Morgan fingerprint density at radius 1 is 1.43 bits per heavy atom. The first-order chi connectivity index (χ1) is 10.1. The van der Waals surface area contributed by atoms with Crippen LogP contribution in [0.5, 0.6) is 0 Å². The summed E-state index contributed by atoms with van der Waals surface area (Å²) in [5.41, 5.74) is 8.51. The van der Waals surface area contributed by atoms with Gasteiger partial charge in [-0.3, -0.25) is 0 Å². The van der Waals surface area contributed by atoms with Crippen LogP contribution in [0.3, 0.4) is 0 Å². The highest BCUT2D eigenvalue weighted by Crippen LogP contribution is 2.35. The summed E-state index contributed by atoms with van der Waals surface area (Å²) in [6, 6.07) is 10.3. The highest BCUT2D eigenvalue weighted by Gasteiger charge is 2.29. The summed E-state index contributed by atoms with van der Waals surface area (Å²) in [5, 5.41) is 17.2. The molecule has 1 atom stereocenters. The van der Waals surface area contributed by atoms with E-state index < -0.39 is 0 Å². The monoisotopic (exact) mass is 281 g/mol. The van der Waals surface area contributed by atoms with E-state index >= 15 is 0 Å². The molecule has 3 rings (SSSR count). The molecular weight excluding hydrogens is 262 g/mol. The minimum atomic E-state index is 0.316. The molecule has 0 bridgehead atoms. The van der Waals surface area contributed by atoms with Crippen LogP contribution in [0.15, 0.2) is 24.3 Å². The normalized spacial score (nSPS) is 15.5. The van der Waals surface area contributed by atoms with Gasteiger partial charge in [-0.25, -0.2) is 4.68 Å². The second kappa shape index (κ2) is 5.13. The predicted octanol–water partition coefficient (Wildman–Crippen LogP) is 2.85. The molecule has 21 heavy (non-hydrogen) atoms. The molecule has 0 spiro atoms. The van der Waals surface area contributed by atoms with E-state index in [1.807, 2.05) is 31.2 Å². The summed E-state index contributed by atoms with van der Waals surface area (Å²) in [5.74, 6) is 1.65.